The van der Waals surface area contributed by atoms with Crippen LogP contribution in [0.15, 0.2) is 0 Å². The van der Waals surface area contributed by atoms with Gasteiger partial charge in [-0.25, -0.2) is 0 Å². The first-order chi connectivity index (χ1) is 26.6. The zero-order chi connectivity index (χ0) is 39.9. The van der Waals surface area contributed by atoms with Gasteiger partial charge in [-0.15, -0.1) is 0 Å². The van der Waals surface area contributed by atoms with Crippen molar-refractivity contribution in [3.63, 3.8) is 0 Å². The van der Waals surface area contributed by atoms with Crippen LogP contribution in [0.3, 0.4) is 0 Å². The van der Waals surface area contributed by atoms with Crippen molar-refractivity contribution in [2.24, 2.45) is 105 Å². The number of fused-ring (bicyclic) bond motifs is 9. The second-order valence-corrected chi connectivity index (χ2v) is 23.6. The third kappa shape index (κ3) is 6.55. The number of carbonyl (C=O) groups excluding carboxylic acids is 1. The highest BCUT2D eigenvalue weighted by molar-refractivity contribution is 5.69. The van der Waals surface area contributed by atoms with Gasteiger partial charge >= 0.3 is 5.97 Å². The molecule has 0 aliphatic heterocycles. The summed E-state index contributed by atoms with van der Waals surface area (Å²) in [6, 6.07) is 0. The molecule has 21 atom stereocenters. The topological polar surface area (TPSA) is 87.0 Å². The van der Waals surface area contributed by atoms with Gasteiger partial charge in [-0.1, -0.05) is 81.1 Å². The predicted molar refractivity (Wildman–Crippen MR) is 225 cm³/mol. The summed E-state index contributed by atoms with van der Waals surface area (Å²) in [5.74, 6) is 7.57. The second kappa shape index (κ2) is 15.7. The van der Waals surface area contributed by atoms with Gasteiger partial charge in [0.1, 0.15) is 0 Å². The lowest BCUT2D eigenvalue weighted by Crippen LogP contribution is -2.62. The lowest BCUT2D eigenvalue weighted by Gasteiger charge is -2.64. The zero-order valence-electron chi connectivity index (χ0n) is 37.3. The Kier molecular flexibility index (Phi) is 11.8. The van der Waals surface area contributed by atoms with Crippen LogP contribution in [0.4, 0.5) is 0 Å². The number of aliphatic hydroxyl groups is 3. The van der Waals surface area contributed by atoms with Crippen molar-refractivity contribution < 1.29 is 24.9 Å². The van der Waals surface area contributed by atoms with Gasteiger partial charge in [0.2, 0.25) is 0 Å². The number of rotatable bonds is 10. The Morgan fingerprint density at radius 2 is 1.29 bits per heavy atom. The van der Waals surface area contributed by atoms with Crippen LogP contribution in [0.1, 0.15) is 184 Å². The number of esters is 1. The number of aliphatic hydroxyl groups excluding tert-OH is 3. The summed E-state index contributed by atoms with van der Waals surface area (Å²) in [4.78, 5) is 13.3. The molecule has 3 N–H and O–H groups in total. The third-order valence-electron chi connectivity index (χ3n) is 21.9. The Morgan fingerprint density at radius 3 is 2.04 bits per heavy atom. The summed E-state index contributed by atoms with van der Waals surface area (Å²) < 4.78 is 6.05. The molecule has 0 aromatic heterocycles. The SMILES string of the molecule is CC[C@H]1[C@@H](O)C2CC3CC[C@H]([C@H](C)CCC(=O)OCC[C@@H](C)[C@H]4CCC5C6C(CC[C@@]54C)[C@@]4(C)CC[C@@H](O)C[C@H]4[C@@H](CC)[C@H]6O)[C@@]3(C)CC2[C@@]2(C)CCCC[C@@H]12. The monoisotopic (exact) mass is 779 g/mol. The summed E-state index contributed by atoms with van der Waals surface area (Å²) in [6.07, 6.45) is 22.3. The molecule has 0 amide bonds. The Balaban J connectivity index is 0.839. The molecule has 8 saturated carbocycles. The normalized spacial score (nSPS) is 53.4. The lowest BCUT2D eigenvalue weighted by molar-refractivity contribution is -0.203. The van der Waals surface area contributed by atoms with E-state index in [-0.39, 0.29) is 35.1 Å². The maximum Gasteiger partial charge on any atom is 0.305 e. The van der Waals surface area contributed by atoms with E-state index in [1.54, 1.807) is 0 Å². The number of hydrogen-bond donors (Lipinski definition) is 3. The molecule has 8 rings (SSSR count). The molecule has 0 heterocycles. The van der Waals surface area contributed by atoms with E-state index in [2.05, 4.69) is 55.4 Å². The van der Waals surface area contributed by atoms with Gasteiger partial charge in [-0.3, -0.25) is 4.79 Å². The smallest absolute Gasteiger partial charge is 0.305 e. The standard InChI is InChI=1S/C51H86O5/c1-9-34-39-13-11-12-23-48(39,5)43-29-51(8)32(27-36(43)46(34)54)15-16-38(51)30(3)14-19-44(53)56-26-22-31(4)37-17-18-40-45-41(21-25-49(37,40)6)50(7)24-20-33(52)28-42(50)35(10-2)47(45)55/h30-43,45-47,52,54-55H,9-29H2,1-8H3/t30-,31-,32?,33-,34-,35-,36?,37-,38-,39+,40?,41?,42+,43?,45?,46-,47-,48+,49-,50-,51+/m1/s1. The van der Waals surface area contributed by atoms with E-state index in [1.165, 1.54) is 77.0 Å². The van der Waals surface area contributed by atoms with Crippen LogP contribution in [0.25, 0.3) is 0 Å². The predicted octanol–water partition coefficient (Wildman–Crippen LogP) is 11.3. The minimum absolute atomic E-state index is 0.00150. The Bertz CT molecular complexity index is 1400. The maximum atomic E-state index is 13.3. The largest absolute Gasteiger partial charge is 0.466 e. The van der Waals surface area contributed by atoms with Crippen molar-refractivity contribution in [2.75, 3.05) is 6.61 Å². The summed E-state index contributed by atoms with van der Waals surface area (Å²) in [6.45, 7) is 20.3. The van der Waals surface area contributed by atoms with Gasteiger partial charge in [0.25, 0.3) is 0 Å². The first-order valence-electron chi connectivity index (χ1n) is 24.8. The molecule has 8 aliphatic carbocycles. The van der Waals surface area contributed by atoms with Crippen LogP contribution in [0.2, 0.25) is 0 Å². The highest BCUT2D eigenvalue weighted by Crippen LogP contribution is 2.71. The number of ether oxygens (including phenoxy) is 1. The summed E-state index contributed by atoms with van der Waals surface area (Å²) >= 11 is 0. The van der Waals surface area contributed by atoms with Crippen molar-refractivity contribution in [1.82, 2.24) is 0 Å². The first-order valence-corrected chi connectivity index (χ1v) is 24.8. The van der Waals surface area contributed by atoms with Crippen LogP contribution < -0.4 is 0 Å². The van der Waals surface area contributed by atoms with Gasteiger partial charge in [0.15, 0.2) is 0 Å². The van der Waals surface area contributed by atoms with Crippen molar-refractivity contribution in [1.29, 1.82) is 0 Å². The van der Waals surface area contributed by atoms with E-state index in [0.29, 0.717) is 107 Å². The van der Waals surface area contributed by atoms with Crippen molar-refractivity contribution >= 4 is 5.97 Å². The van der Waals surface area contributed by atoms with E-state index >= 15 is 0 Å². The molecule has 0 spiro atoms. The molecular weight excluding hydrogens is 693 g/mol. The van der Waals surface area contributed by atoms with E-state index in [0.717, 1.165) is 44.9 Å². The quantitative estimate of drug-likeness (QED) is 0.192. The molecule has 8 fully saturated rings. The summed E-state index contributed by atoms with van der Waals surface area (Å²) in [5.41, 5.74) is 1.18. The zero-order valence-corrected chi connectivity index (χ0v) is 37.3. The van der Waals surface area contributed by atoms with Crippen molar-refractivity contribution in [2.45, 2.75) is 202 Å². The van der Waals surface area contributed by atoms with E-state index in [4.69, 9.17) is 4.74 Å². The fourth-order valence-corrected chi connectivity index (χ4v) is 18.9. The minimum Gasteiger partial charge on any atom is -0.466 e. The van der Waals surface area contributed by atoms with Crippen LogP contribution >= 0.6 is 0 Å². The molecule has 8 aliphatic rings. The van der Waals surface area contributed by atoms with Crippen LogP contribution in [0, 0.1) is 105 Å². The highest BCUT2D eigenvalue weighted by Gasteiger charge is 2.66. The second-order valence-electron chi connectivity index (χ2n) is 23.6. The van der Waals surface area contributed by atoms with Crippen LogP contribution in [-0.4, -0.2) is 46.2 Å². The molecule has 0 bridgehead atoms. The average molecular weight is 779 g/mol. The van der Waals surface area contributed by atoms with E-state index in [1.807, 2.05) is 0 Å². The van der Waals surface area contributed by atoms with Gasteiger partial charge in [-0.2, -0.15) is 0 Å². The van der Waals surface area contributed by atoms with Gasteiger partial charge in [0.05, 0.1) is 24.9 Å². The molecule has 0 radical (unpaired) electrons. The Morgan fingerprint density at radius 1 is 0.643 bits per heavy atom. The van der Waals surface area contributed by atoms with Crippen LogP contribution in [-0.2, 0) is 9.53 Å². The van der Waals surface area contributed by atoms with E-state index in [9.17, 15) is 20.1 Å². The fraction of sp³-hybridized carbons (Fsp3) is 0.980. The molecule has 5 nitrogen and oxygen atoms in total. The molecule has 0 aromatic carbocycles. The van der Waals surface area contributed by atoms with Crippen molar-refractivity contribution in [3.05, 3.63) is 0 Å². The number of carbonyl (C=O) groups is 1. The lowest BCUT2D eigenvalue weighted by atomic mass is 9.41. The van der Waals surface area contributed by atoms with Crippen molar-refractivity contribution in [3.8, 4) is 0 Å². The molecule has 6 unspecified atom stereocenters. The van der Waals surface area contributed by atoms with Gasteiger partial charge in [-0.05, 0) is 201 Å². The molecule has 0 saturated heterocycles. The van der Waals surface area contributed by atoms with Gasteiger partial charge in [0, 0.05) is 6.42 Å². The van der Waals surface area contributed by atoms with Crippen LogP contribution in [0.5, 0.6) is 0 Å². The first kappa shape index (κ1) is 42.1. The maximum absolute atomic E-state index is 13.3. The fourth-order valence-electron chi connectivity index (χ4n) is 18.9. The Hall–Kier alpha value is -0.650. The average Bonchev–Trinajstić information content (AvgIpc) is 3.71. The summed E-state index contributed by atoms with van der Waals surface area (Å²) in [7, 11) is 0. The molecule has 56 heavy (non-hydrogen) atoms. The highest BCUT2D eigenvalue weighted by atomic mass is 16.5. The molecule has 320 valence electrons. The Labute approximate surface area is 343 Å². The molecular formula is C51H86O5. The van der Waals surface area contributed by atoms with Gasteiger partial charge < -0.3 is 20.1 Å². The molecule has 0 aromatic rings. The third-order valence-corrected chi connectivity index (χ3v) is 21.9. The number of hydrogen-bond acceptors (Lipinski definition) is 5. The summed E-state index contributed by atoms with van der Waals surface area (Å²) in [5, 5.41) is 34.6. The van der Waals surface area contributed by atoms with E-state index < -0.39 is 0 Å². The minimum atomic E-state index is -0.246. The molecule has 5 heteroatoms.